The molecule has 1 saturated carbocycles. The molecule has 90 valence electrons. The molecule has 1 fully saturated rings. The van der Waals surface area contributed by atoms with Crippen LogP contribution in [-0.4, -0.2) is 16.0 Å². The van der Waals surface area contributed by atoms with Gasteiger partial charge in [0.15, 0.2) is 9.74 Å². The van der Waals surface area contributed by atoms with Gasteiger partial charge >= 0.3 is 0 Å². The van der Waals surface area contributed by atoms with Gasteiger partial charge in [0.05, 0.1) is 0 Å². The van der Waals surface area contributed by atoms with Gasteiger partial charge in [0, 0.05) is 6.61 Å². The number of rotatable bonds is 3. The third-order valence-corrected chi connectivity index (χ3v) is 4.26. The largest absolute Gasteiger partial charge is 0.367 e. The van der Waals surface area contributed by atoms with Gasteiger partial charge in [0.25, 0.3) is 0 Å². The molecule has 0 saturated heterocycles. The maximum absolute atomic E-state index is 6.01. The van der Waals surface area contributed by atoms with Gasteiger partial charge in [-0.1, -0.05) is 25.7 Å². The van der Waals surface area contributed by atoms with E-state index in [1.54, 1.807) is 0 Å². The van der Waals surface area contributed by atoms with Crippen LogP contribution in [0.5, 0.6) is 0 Å². The Hall–Kier alpha value is -0.0000000000000000555. The minimum Gasteiger partial charge on any atom is -0.367 e. The van der Waals surface area contributed by atoms with Crippen LogP contribution in [0.1, 0.15) is 51.3 Å². The maximum atomic E-state index is 6.01. The average molecular weight is 305 g/mol. The Morgan fingerprint density at radius 1 is 1.31 bits per heavy atom. The summed E-state index contributed by atoms with van der Waals surface area (Å²) >= 11 is 4.79. The second kappa shape index (κ2) is 5.56. The van der Waals surface area contributed by atoms with Gasteiger partial charge in [-0.2, -0.15) is 4.37 Å². The summed E-state index contributed by atoms with van der Waals surface area (Å²) in [4.78, 5) is 4.47. The smallest absolute Gasteiger partial charge is 0.179 e. The predicted octanol–water partition coefficient (Wildman–Crippen LogP) is 3.89. The van der Waals surface area contributed by atoms with Crippen molar-refractivity contribution in [2.75, 3.05) is 6.61 Å². The van der Waals surface area contributed by atoms with Gasteiger partial charge in [-0.15, -0.1) is 0 Å². The van der Waals surface area contributed by atoms with E-state index in [0.29, 0.717) is 0 Å². The van der Waals surface area contributed by atoms with Crippen LogP contribution in [0.2, 0.25) is 0 Å². The molecule has 2 rings (SSSR count). The molecule has 0 aliphatic heterocycles. The van der Waals surface area contributed by atoms with Crippen molar-refractivity contribution in [3.05, 3.63) is 9.74 Å². The predicted molar refractivity (Wildman–Crippen MR) is 68.6 cm³/mol. The molecule has 1 aliphatic rings. The molecular formula is C11H17BrN2OS. The Kier molecular flexibility index (Phi) is 4.33. The van der Waals surface area contributed by atoms with Gasteiger partial charge in [-0.05, 0) is 47.2 Å². The number of hydrogen-bond donors (Lipinski definition) is 0. The molecule has 1 aliphatic carbocycles. The minimum absolute atomic E-state index is 0.215. The third-order valence-electron chi connectivity index (χ3n) is 3.14. The molecule has 16 heavy (non-hydrogen) atoms. The lowest BCUT2D eigenvalue weighted by atomic mass is 9.93. The van der Waals surface area contributed by atoms with Crippen LogP contribution in [0, 0.1) is 0 Å². The normalized spacial score (nSPS) is 20.6. The highest BCUT2D eigenvalue weighted by Crippen LogP contribution is 2.38. The van der Waals surface area contributed by atoms with E-state index < -0.39 is 0 Å². The van der Waals surface area contributed by atoms with Crippen LogP contribution in [-0.2, 0) is 10.3 Å². The Labute approximate surface area is 109 Å². The van der Waals surface area contributed by atoms with Gasteiger partial charge < -0.3 is 4.74 Å². The summed E-state index contributed by atoms with van der Waals surface area (Å²) in [6.07, 6.45) is 7.17. The van der Waals surface area contributed by atoms with E-state index in [1.165, 1.54) is 37.2 Å². The van der Waals surface area contributed by atoms with E-state index >= 15 is 0 Å². The first-order valence-corrected chi connectivity index (χ1v) is 7.47. The molecule has 1 aromatic rings. The average Bonchev–Trinajstić information content (AvgIpc) is 2.57. The van der Waals surface area contributed by atoms with E-state index in [2.05, 4.69) is 25.3 Å². The molecule has 0 amide bonds. The summed E-state index contributed by atoms with van der Waals surface area (Å²) in [5, 5.41) is 0. The molecule has 0 N–H and O–H groups in total. The molecule has 0 atom stereocenters. The highest BCUT2D eigenvalue weighted by Gasteiger charge is 2.37. The quantitative estimate of drug-likeness (QED) is 0.795. The van der Waals surface area contributed by atoms with E-state index in [0.717, 1.165) is 29.2 Å². The second-order valence-corrected chi connectivity index (χ2v) is 6.24. The van der Waals surface area contributed by atoms with Gasteiger partial charge in [-0.25, -0.2) is 4.98 Å². The van der Waals surface area contributed by atoms with E-state index in [9.17, 15) is 0 Å². The zero-order valence-electron chi connectivity index (χ0n) is 9.54. The zero-order chi connectivity index (χ0) is 11.4. The van der Waals surface area contributed by atoms with E-state index in [4.69, 9.17) is 4.74 Å². The number of halogens is 1. The first-order valence-electron chi connectivity index (χ1n) is 5.90. The van der Waals surface area contributed by atoms with Gasteiger partial charge in [0.1, 0.15) is 5.60 Å². The molecule has 0 aromatic carbocycles. The molecule has 0 unspecified atom stereocenters. The molecular weight excluding hydrogens is 288 g/mol. The van der Waals surface area contributed by atoms with Crippen molar-refractivity contribution >= 4 is 27.5 Å². The van der Waals surface area contributed by atoms with Crippen molar-refractivity contribution in [2.45, 2.75) is 51.0 Å². The zero-order valence-corrected chi connectivity index (χ0v) is 11.9. The number of aromatic nitrogens is 2. The third kappa shape index (κ3) is 2.63. The fourth-order valence-electron chi connectivity index (χ4n) is 2.40. The number of nitrogens with zero attached hydrogens (tertiary/aromatic N) is 2. The van der Waals surface area contributed by atoms with Crippen LogP contribution in [0.3, 0.4) is 0 Å². The van der Waals surface area contributed by atoms with Crippen LogP contribution < -0.4 is 0 Å². The standard InChI is InChI=1S/C11H17BrN2OS/c1-2-15-11(7-5-3-4-6-8-11)9-13-10(12)16-14-9/h2-8H2,1H3. The summed E-state index contributed by atoms with van der Waals surface area (Å²) in [6, 6.07) is 0. The first kappa shape index (κ1) is 12.5. The molecule has 0 radical (unpaired) electrons. The fraction of sp³-hybridized carbons (Fsp3) is 0.818. The fourth-order valence-corrected chi connectivity index (χ4v) is 3.28. The van der Waals surface area contributed by atoms with E-state index in [1.807, 2.05) is 6.92 Å². The summed E-state index contributed by atoms with van der Waals surface area (Å²) in [7, 11) is 0. The SMILES string of the molecule is CCOC1(c2nsc(Br)n2)CCCCCC1. The van der Waals surface area contributed by atoms with Crippen LogP contribution in [0.25, 0.3) is 0 Å². The lowest BCUT2D eigenvalue weighted by Gasteiger charge is -2.29. The van der Waals surface area contributed by atoms with Crippen LogP contribution in [0.4, 0.5) is 0 Å². The Balaban J connectivity index is 2.25. The van der Waals surface area contributed by atoms with Crippen LogP contribution >= 0.6 is 27.5 Å². The van der Waals surface area contributed by atoms with Crippen molar-refractivity contribution in [1.82, 2.24) is 9.36 Å². The first-order chi connectivity index (χ1) is 7.77. The molecule has 5 heteroatoms. The summed E-state index contributed by atoms with van der Waals surface area (Å²) in [5.41, 5.74) is -0.215. The van der Waals surface area contributed by atoms with Crippen molar-refractivity contribution < 1.29 is 4.74 Å². The van der Waals surface area contributed by atoms with Crippen LogP contribution in [0.15, 0.2) is 3.92 Å². The molecule has 1 aromatic heterocycles. The highest BCUT2D eigenvalue weighted by molar-refractivity contribution is 9.11. The lowest BCUT2D eigenvalue weighted by molar-refractivity contribution is -0.0616. The summed E-state index contributed by atoms with van der Waals surface area (Å²) < 4.78 is 11.3. The molecule has 3 nitrogen and oxygen atoms in total. The monoisotopic (exact) mass is 304 g/mol. The van der Waals surface area contributed by atoms with Gasteiger partial charge in [-0.3, -0.25) is 0 Å². The summed E-state index contributed by atoms with van der Waals surface area (Å²) in [6.45, 7) is 2.78. The van der Waals surface area contributed by atoms with E-state index in [-0.39, 0.29) is 5.60 Å². The van der Waals surface area contributed by atoms with Crippen molar-refractivity contribution in [2.24, 2.45) is 0 Å². The molecule has 1 heterocycles. The lowest BCUT2D eigenvalue weighted by Crippen LogP contribution is -2.30. The van der Waals surface area contributed by atoms with Crippen molar-refractivity contribution in [3.63, 3.8) is 0 Å². The Morgan fingerprint density at radius 2 is 2.00 bits per heavy atom. The second-order valence-electron chi connectivity index (χ2n) is 4.21. The number of hydrogen-bond acceptors (Lipinski definition) is 4. The summed E-state index contributed by atoms with van der Waals surface area (Å²) in [5.74, 6) is 0.883. The maximum Gasteiger partial charge on any atom is 0.179 e. The van der Waals surface area contributed by atoms with Gasteiger partial charge in [0.2, 0.25) is 0 Å². The molecule has 0 bridgehead atoms. The number of ether oxygens (including phenoxy) is 1. The Bertz CT molecular complexity index is 334. The highest BCUT2D eigenvalue weighted by atomic mass is 79.9. The van der Waals surface area contributed by atoms with Crippen molar-refractivity contribution in [3.8, 4) is 0 Å². The Morgan fingerprint density at radius 3 is 2.50 bits per heavy atom. The van der Waals surface area contributed by atoms with Crippen molar-refractivity contribution in [1.29, 1.82) is 0 Å². The topological polar surface area (TPSA) is 35.0 Å². The molecule has 0 spiro atoms. The minimum atomic E-state index is -0.215.